The van der Waals surface area contributed by atoms with Crippen LogP contribution < -0.4 is 14.8 Å². The van der Waals surface area contributed by atoms with Crippen molar-refractivity contribution in [2.24, 2.45) is 0 Å². The summed E-state index contributed by atoms with van der Waals surface area (Å²) in [5.74, 6) is 1.50. The summed E-state index contributed by atoms with van der Waals surface area (Å²) >= 11 is 0. The number of rotatable bonds is 8. The van der Waals surface area contributed by atoms with E-state index in [1.54, 1.807) is 13.2 Å². The van der Waals surface area contributed by atoms with Crippen LogP contribution >= 0.6 is 0 Å². The van der Waals surface area contributed by atoms with Gasteiger partial charge in [-0.05, 0) is 30.5 Å². The molecular formula is C16H23NO3. The number of hydrogen-bond donors (Lipinski definition) is 1. The summed E-state index contributed by atoms with van der Waals surface area (Å²) in [5.41, 5.74) is 1.17. The first-order valence-corrected chi connectivity index (χ1v) is 7.06. The van der Waals surface area contributed by atoms with Crippen molar-refractivity contribution < 1.29 is 14.2 Å². The molecule has 20 heavy (non-hydrogen) atoms. The number of nitrogens with one attached hydrogen (secondary N) is 1. The average molecular weight is 277 g/mol. The van der Waals surface area contributed by atoms with Crippen LogP contribution in [0.5, 0.6) is 11.5 Å². The largest absolute Gasteiger partial charge is 0.493 e. The van der Waals surface area contributed by atoms with Gasteiger partial charge in [-0.1, -0.05) is 18.7 Å². The van der Waals surface area contributed by atoms with Gasteiger partial charge in [-0.3, -0.25) is 0 Å². The molecule has 1 fully saturated rings. The second kappa shape index (κ2) is 7.92. The molecule has 1 heterocycles. The summed E-state index contributed by atoms with van der Waals surface area (Å²) < 4.78 is 16.5. The van der Waals surface area contributed by atoms with Crippen LogP contribution in [0.3, 0.4) is 0 Å². The lowest BCUT2D eigenvalue weighted by Crippen LogP contribution is -2.25. The monoisotopic (exact) mass is 277 g/mol. The van der Waals surface area contributed by atoms with Gasteiger partial charge in [0.2, 0.25) is 0 Å². The predicted molar refractivity (Wildman–Crippen MR) is 79.4 cm³/mol. The molecular weight excluding hydrogens is 254 g/mol. The van der Waals surface area contributed by atoms with Crippen molar-refractivity contribution in [1.82, 2.24) is 5.32 Å². The number of methoxy groups -OCH3 is 1. The zero-order chi connectivity index (χ0) is 14.2. The average Bonchev–Trinajstić information content (AvgIpc) is 2.99. The Morgan fingerprint density at radius 1 is 1.45 bits per heavy atom. The van der Waals surface area contributed by atoms with Crippen molar-refractivity contribution in [1.29, 1.82) is 0 Å². The first kappa shape index (κ1) is 14.9. The third-order valence-corrected chi connectivity index (χ3v) is 3.31. The maximum absolute atomic E-state index is 5.58. The van der Waals surface area contributed by atoms with Gasteiger partial charge in [-0.2, -0.15) is 0 Å². The van der Waals surface area contributed by atoms with Crippen molar-refractivity contribution >= 4 is 0 Å². The van der Waals surface area contributed by atoms with Crippen molar-refractivity contribution in [2.45, 2.75) is 25.5 Å². The van der Waals surface area contributed by atoms with Gasteiger partial charge in [0.1, 0.15) is 6.61 Å². The van der Waals surface area contributed by atoms with Crippen LogP contribution in [0.2, 0.25) is 0 Å². The highest BCUT2D eigenvalue weighted by Crippen LogP contribution is 2.28. The van der Waals surface area contributed by atoms with Gasteiger partial charge in [0.25, 0.3) is 0 Å². The van der Waals surface area contributed by atoms with Crippen molar-refractivity contribution in [3.8, 4) is 11.5 Å². The zero-order valence-electron chi connectivity index (χ0n) is 12.1. The van der Waals surface area contributed by atoms with Gasteiger partial charge in [-0.15, -0.1) is 0 Å². The normalized spacial score (nSPS) is 17.9. The van der Waals surface area contributed by atoms with Crippen LogP contribution in [-0.4, -0.2) is 33.0 Å². The molecule has 0 spiro atoms. The molecule has 1 atom stereocenters. The Hall–Kier alpha value is -1.52. The summed E-state index contributed by atoms with van der Waals surface area (Å²) in [6, 6.07) is 5.98. The van der Waals surface area contributed by atoms with Crippen molar-refractivity contribution in [3.05, 3.63) is 36.4 Å². The Kier molecular flexibility index (Phi) is 5.89. The maximum atomic E-state index is 5.58. The molecule has 0 unspecified atom stereocenters. The number of hydrogen-bond acceptors (Lipinski definition) is 4. The van der Waals surface area contributed by atoms with Crippen LogP contribution in [0, 0.1) is 0 Å². The molecule has 0 radical (unpaired) electrons. The predicted octanol–water partition coefficient (Wildman–Crippen LogP) is 2.53. The van der Waals surface area contributed by atoms with E-state index in [0.29, 0.717) is 12.7 Å². The van der Waals surface area contributed by atoms with Gasteiger partial charge in [-0.25, -0.2) is 0 Å². The minimum atomic E-state index is 0.368. The van der Waals surface area contributed by atoms with Crippen molar-refractivity contribution in [3.63, 3.8) is 0 Å². The molecule has 1 saturated heterocycles. The van der Waals surface area contributed by atoms with E-state index in [4.69, 9.17) is 14.2 Å². The van der Waals surface area contributed by atoms with E-state index >= 15 is 0 Å². The van der Waals surface area contributed by atoms with Crippen LogP contribution in [0.15, 0.2) is 30.9 Å². The van der Waals surface area contributed by atoms with Crippen LogP contribution in [0.4, 0.5) is 0 Å². The Morgan fingerprint density at radius 2 is 2.35 bits per heavy atom. The van der Waals surface area contributed by atoms with E-state index in [9.17, 15) is 0 Å². The summed E-state index contributed by atoms with van der Waals surface area (Å²) in [6.07, 6.45) is 4.42. The molecule has 0 bridgehead atoms. The highest BCUT2D eigenvalue weighted by atomic mass is 16.5. The molecule has 4 nitrogen and oxygen atoms in total. The fourth-order valence-corrected chi connectivity index (χ4v) is 2.27. The first-order valence-electron chi connectivity index (χ1n) is 7.06. The lowest BCUT2D eigenvalue weighted by atomic mass is 10.2. The van der Waals surface area contributed by atoms with Gasteiger partial charge < -0.3 is 19.5 Å². The SMILES string of the molecule is C=CCOc1ccc(CNC[C@@H]2CCCO2)cc1OC. The van der Waals surface area contributed by atoms with Crippen LogP contribution in [-0.2, 0) is 11.3 Å². The lowest BCUT2D eigenvalue weighted by molar-refractivity contribution is 0.110. The third-order valence-electron chi connectivity index (χ3n) is 3.31. The molecule has 1 aromatic rings. The zero-order valence-corrected chi connectivity index (χ0v) is 12.1. The lowest BCUT2D eigenvalue weighted by Gasteiger charge is -2.13. The minimum Gasteiger partial charge on any atom is -0.493 e. The highest BCUT2D eigenvalue weighted by molar-refractivity contribution is 5.43. The van der Waals surface area contributed by atoms with Gasteiger partial charge in [0, 0.05) is 19.7 Å². The summed E-state index contributed by atoms with van der Waals surface area (Å²) in [5, 5.41) is 3.42. The van der Waals surface area contributed by atoms with Gasteiger partial charge in [0.15, 0.2) is 11.5 Å². The van der Waals surface area contributed by atoms with Crippen molar-refractivity contribution in [2.75, 3.05) is 26.9 Å². The van der Waals surface area contributed by atoms with E-state index in [-0.39, 0.29) is 0 Å². The Morgan fingerprint density at radius 3 is 3.05 bits per heavy atom. The fraction of sp³-hybridized carbons (Fsp3) is 0.500. The Labute approximate surface area is 120 Å². The summed E-state index contributed by atoms with van der Waals surface area (Å²) in [4.78, 5) is 0. The fourth-order valence-electron chi connectivity index (χ4n) is 2.27. The molecule has 0 saturated carbocycles. The molecule has 0 amide bonds. The molecule has 4 heteroatoms. The van der Waals surface area contributed by atoms with E-state index in [0.717, 1.165) is 37.6 Å². The number of benzene rings is 1. The minimum absolute atomic E-state index is 0.368. The molecule has 1 aliphatic heterocycles. The number of ether oxygens (including phenoxy) is 3. The van der Waals surface area contributed by atoms with E-state index in [1.165, 1.54) is 12.0 Å². The summed E-state index contributed by atoms with van der Waals surface area (Å²) in [7, 11) is 1.65. The third kappa shape index (κ3) is 4.25. The smallest absolute Gasteiger partial charge is 0.161 e. The van der Waals surface area contributed by atoms with Gasteiger partial charge in [0.05, 0.1) is 13.2 Å². The van der Waals surface area contributed by atoms with Crippen LogP contribution in [0.25, 0.3) is 0 Å². The van der Waals surface area contributed by atoms with E-state index < -0.39 is 0 Å². The molecule has 0 aromatic heterocycles. The molecule has 1 aromatic carbocycles. The maximum Gasteiger partial charge on any atom is 0.161 e. The second-order valence-corrected chi connectivity index (χ2v) is 4.85. The topological polar surface area (TPSA) is 39.7 Å². The Balaban J connectivity index is 1.86. The second-order valence-electron chi connectivity index (χ2n) is 4.85. The standard InChI is InChI=1S/C16H23NO3/c1-3-8-20-15-7-6-13(10-16(15)18-2)11-17-12-14-5-4-9-19-14/h3,6-7,10,14,17H,1,4-5,8-9,11-12H2,2H3/t14-/m0/s1. The first-order chi connectivity index (χ1) is 9.83. The Bertz CT molecular complexity index is 428. The summed E-state index contributed by atoms with van der Waals surface area (Å²) in [6.45, 7) is 6.72. The van der Waals surface area contributed by atoms with Crippen LogP contribution in [0.1, 0.15) is 18.4 Å². The molecule has 2 rings (SSSR count). The molecule has 1 aliphatic rings. The molecule has 110 valence electrons. The van der Waals surface area contributed by atoms with E-state index in [2.05, 4.69) is 11.9 Å². The molecule has 0 aliphatic carbocycles. The van der Waals surface area contributed by atoms with E-state index in [1.807, 2.05) is 18.2 Å². The van der Waals surface area contributed by atoms with Gasteiger partial charge >= 0.3 is 0 Å². The molecule has 1 N–H and O–H groups in total. The quantitative estimate of drug-likeness (QED) is 0.741. The highest BCUT2D eigenvalue weighted by Gasteiger charge is 2.14.